The molecule has 6 nitrogen and oxygen atoms in total. The fraction of sp³-hybridized carbons (Fsp3) is 0.0588. The summed E-state index contributed by atoms with van der Waals surface area (Å²) in [4.78, 5) is 26.6. The number of nitrogens with zero attached hydrogens (tertiary/aromatic N) is 2. The number of halogens is 1. The van der Waals surface area contributed by atoms with E-state index in [1.54, 1.807) is 11.4 Å². The van der Waals surface area contributed by atoms with E-state index in [-0.39, 0.29) is 17.9 Å². The van der Waals surface area contributed by atoms with Gasteiger partial charge in [-0.15, -0.1) is 11.3 Å². The lowest BCUT2D eigenvalue weighted by atomic mass is 10.2. The molecule has 3 aromatic rings. The van der Waals surface area contributed by atoms with E-state index >= 15 is 0 Å². The first-order valence-electron chi connectivity index (χ1n) is 7.15. The molecule has 0 aliphatic rings. The van der Waals surface area contributed by atoms with Gasteiger partial charge in [-0.3, -0.25) is 10.1 Å². The van der Waals surface area contributed by atoms with Crippen LogP contribution in [-0.4, -0.2) is 15.9 Å². The Bertz CT molecular complexity index is 942. The fourth-order valence-electron chi connectivity index (χ4n) is 2.10. The van der Waals surface area contributed by atoms with Crippen LogP contribution in [0.25, 0.3) is 10.6 Å². The molecule has 3 rings (SSSR count). The van der Waals surface area contributed by atoms with Crippen molar-refractivity contribution in [1.82, 2.24) is 4.98 Å². The number of carbonyl (C=O) groups is 1. The van der Waals surface area contributed by atoms with Crippen LogP contribution in [0.3, 0.4) is 0 Å². The SMILES string of the molecule is O=C(OCc1csc(-c2ccccc2Cl)n1)c1cccc([N+](=O)[O-])c1. The van der Waals surface area contributed by atoms with Crippen LogP contribution in [0, 0.1) is 10.1 Å². The Morgan fingerprint density at radius 1 is 1.24 bits per heavy atom. The number of hydrogen-bond donors (Lipinski definition) is 0. The van der Waals surface area contributed by atoms with Gasteiger partial charge in [0.05, 0.1) is 21.2 Å². The van der Waals surface area contributed by atoms with Crippen molar-refractivity contribution in [2.45, 2.75) is 6.61 Å². The minimum atomic E-state index is -0.643. The first kappa shape index (κ1) is 17.1. The molecular weight excluding hydrogens is 364 g/mol. The fourth-order valence-corrected chi connectivity index (χ4v) is 3.23. The maximum atomic E-state index is 12.0. The second-order valence-corrected chi connectivity index (χ2v) is 6.27. The highest BCUT2D eigenvalue weighted by Gasteiger charge is 2.14. The summed E-state index contributed by atoms with van der Waals surface area (Å²) < 4.78 is 5.18. The predicted octanol–water partition coefficient (Wildman–Crippen LogP) is 4.73. The van der Waals surface area contributed by atoms with Crippen molar-refractivity contribution in [3.8, 4) is 10.6 Å². The van der Waals surface area contributed by atoms with Gasteiger partial charge < -0.3 is 4.74 Å². The number of aromatic nitrogens is 1. The average Bonchev–Trinajstić information content (AvgIpc) is 3.09. The lowest BCUT2D eigenvalue weighted by Crippen LogP contribution is -2.06. The molecule has 8 heteroatoms. The molecule has 0 saturated heterocycles. The number of ether oxygens (including phenoxy) is 1. The van der Waals surface area contributed by atoms with Crippen molar-refractivity contribution < 1.29 is 14.5 Å². The summed E-state index contributed by atoms with van der Waals surface area (Å²) in [6.45, 7) is -0.0253. The van der Waals surface area contributed by atoms with Crippen molar-refractivity contribution in [2.75, 3.05) is 0 Å². The zero-order chi connectivity index (χ0) is 17.8. The van der Waals surface area contributed by atoms with Crippen LogP contribution < -0.4 is 0 Å². The number of nitro groups is 1. The largest absolute Gasteiger partial charge is 0.456 e. The second kappa shape index (κ2) is 7.42. The number of nitro benzene ring substituents is 1. The Balaban J connectivity index is 1.68. The molecular formula is C17H11ClN2O4S. The molecule has 0 atom stereocenters. The van der Waals surface area contributed by atoms with Gasteiger partial charge in [0.1, 0.15) is 11.6 Å². The summed E-state index contributed by atoms with van der Waals surface area (Å²) in [5, 5.41) is 13.9. The van der Waals surface area contributed by atoms with Crippen LogP contribution in [0.5, 0.6) is 0 Å². The third-order valence-corrected chi connectivity index (χ3v) is 4.55. The lowest BCUT2D eigenvalue weighted by Gasteiger charge is -2.03. The van der Waals surface area contributed by atoms with Crippen LogP contribution in [0.15, 0.2) is 53.9 Å². The van der Waals surface area contributed by atoms with Crippen molar-refractivity contribution in [3.63, 3.8) is 0 Å². The molecule has 25 heavy (non-hydrogen) atoms. The number of non-ortho nitro benzene ring substituents is 1. The van der Waals surface area contributed by atoms with E-state index in [1.807, 2.05) is 18.2 Å². The van der Waals surface area contributed by atoms with Gasteiger partial charge in [-0.25, -0.2) is 9.78 Å². The summed E-state index contributed by atoms with van der Waals surface area (Å²) in [6, 6.07) is 12.7. The molecule has 1 heterocycles. The minimum absolute atomic E-state index is 0.0253. The summed E-state index contributed by atoms with van der Waals surface area (Å²) in [5.41, 5.74) is 1.35. The monoisotopic (exact) mass is 374 g/mol. The van der Waals surface area contributed by atoms with E-state index in [0.717, 1.165) is 10.6 Å². The molecule has 0 radical (unpaired) electrons. The van der Waals surface area contributed by atoms with Crippen LogP contribution in [-0.2, 0) is 11.3 Å². The van der Waals surface area contributed by atoms with Crippen LogP contribution in [0.2, 0.25) is 5.02 Å². The van der Waals surface area contributed by atoms with Gasteiger partial charge in [0.25, 0.3) is 5.69 Å². The number of thiazole rings is 1. The molecule has 0 bridgehead atoms. The summed E-state index contributed by atoms with van der Waals surface area (Å²) in [5.74, 6) is -0.643. The Labute approximate surface area is 151 Å². The molecule has 0 amide bonds. The summed E-state index contributed by atoms with van der Waals surface area (Å²) >= 11 is 7.54. The molecule has 1 aromatic heterocycles. The van der Waals surface area contributed by atoms with E-state index in [1.165, 1.54) is 35.6 Å². The zero-order valence-corrected chi connectivity index (χ0v) is 14.3. The molecule has 126 valence electrons. The van der Waals surface area contributed by atoms with Crippen molar-refractivity contribution >= 4 is 34.6 Å². The molecule has 0 saturated carbocycles. The highest BCUT2D eigenvalue weighted by molar-refractivity contribution is 7.13. The Kier molecular flexibility index (Phi) is 5.06. The second-order valence-electron chi connectivity index (χ2n) is 5.01. The van der Waals surface area contributed by atoms with E-state index in [2.05, 4.69) is 4.98 Å². The van der Waals surface area contributed by atoms with Crippen LogP contribution in [0.4, 0.5) is 5.69 Å². The van der Waals surface area contributed by atoms with Crippen molar-refractivity contribution in [1.29, 1.82) is 0 Å². The molecule has 0 N–H and O–H groups in total. The molecule has 0 fully saturated rings. The highest BCUT2D eigenvalue weighted by Crippen LogP contribution is 2.30. The maximum Gasteiger partial charge on any atom is 0.338 e. The van der Waals surface area contributed by atoms with Gasteiger partial charge in [0.15, 0.2) is 0 Å². The molecule has 0 aliphatic heterocycles. The van der Waals surface area contributed by atoms with Crippen molar-refractivity contribution in [3.05, 3.63) is 80.3 Å². The van der Waals surface area contributed by atoms with Gasteiger partial charge >= 0.3 is 5.97 Å². The van der Waals surface area contributed by atoms with E-state index in [4.69, 9.17) is 16.3 Å². The van der Waals surface area contributed by atoms with Crippen LogP contribution >= 0.6 is 22.9 Å². The molecule has 0 unspecified atom stereocenters. The van der Waals surface area contributed by atoms with Gasteiger partial charge in [-0.1, -0.05) is 35.9 Å². The Morgan fingerprint density at radius 2 is 2.04 bits per heavy atom. The average molecular weight is 375 g/mol. The third kappa shape index (κ3) is 4.01. The molecule has 0 aliphatic carbocycles. The molecule has 2 aromatic carbocycles. The third-order valence-electron chi connectivity index (χ3n) is 3.30. The quantitative estimate of drug-likeness (QED) is 0.366. The summed E-state index contributed by atoms with van der Waals surface area (Å²) in [7, 11) is 0. The highest BCUT2D eigenvalue weighted by atomic mass is 35.5. The number of esters is 1. The van der Waals surface area contributed by atoms with Crippen LogP contribution in [0.1, 0.15) is 16.1 Å². The zero-order valence-electron chi connectivity index (χ0n) is 12.7. The van der Waals surface area contributed by atoms with Crippen molar-refractivity contribution in [2.24, 2.45) is 0 Å². The van der Waals surface area contributed by atoms with Gasteiger partial charge in [-0.2, -0.15) is 0 Å². The normalized spacial score (nSPS) is 10.4. The minimum Gasteiger partial charge on any atom is -0.456 e. The predicted molar refractivity (Wildman–Crippen MR) is 94.8 cm³/mol. The van der Waals surface area contributed by atoms with Gasteiger partial charge in [0, 0.05) is 23.1 Å². The maximum absolute atomic E-state index is 12.0. The number of rotatable bonds is 5. The first-order chi connectivity index (χ1) is 12.0. The van der Waals surface area contributed by atoms with E-state index in [0.29, 0.717) is 10.7 Å². The first-order valence-corrected chi connectivity index (χ1v) is 8.41. The Morgan fingerprint density at radius 3 is 2.80 bits per heavy atom. The smallest absolute Gasteiger partial charge is 0.338 e. The molecule has 0 spiro atoms. The van der Waals surface area contributed by atoms with Gasteiger partial charge in [0.2, 0.25) is 0 Å². The standard InChI is InChI=1S/C17H11ClN2O4S/c18-15-7-2-1-6-14(15)16-19-12(10-25-16)9-24-17(21)11-4-3-5-13(8-11)20(22)23/h1-8,10H,9H2. The lowest BCUT2D eigenvalue weighted by molar-refractivity contribution is -0.384. The number of hydrogen-bond acceptors (Lipinski definition) is 6. The number of carbonyl (C=O) groups excluding carboxylic acids is 1. The summed E-state index contributed by atoms with van der Waals surface area (Å²) in [6.07, 6.45) is 0. The van der Waals surface area contributed by atoms with Gasteiger partial charge in [-0.05, 0) is 12.1 Å². The topological polar surface area (TPSA) is 82.3 Å². The van der Waals surface area contributed by atoms with E-state index < -0.39 is 10.9 Å². The number of benzene rings is 2. The Hall–Kier alpha value is -2.77. The van der Waals surface area contributed by atoms with E-state index in [9.17, 15) is 14.9 Å².